The second-order valence-corrected chi connectivity index (χ2v) is 6.85. The van der Waals surface area contributed by atoms with Crippen LogP contribution in [0.3, 0.4) is 0 Å². The van der Waals surface area contributed by atoms with Gasteiger partial charge in [0, 0.05) is 19.3 Å². The van der Waals surface area contributed by atoms with Crippen LogP contribution < -0.4 is 5.32 Å². The summed E-state index contributed by atoms with van der Waals surface area (Å²) in [6.07, 6.45) is -3.79. The second kappa shape index (κ2) is 9.30. The predicted octanol–water partition coefficient (Wildman–Crippen LogP) is 3.56. The zero-order chi connectivity index (χ0) is 21.8. The zero-order valence-electron chi connectivity index (χ0n) is 17.0. The summed E-state index contributed by atoms with van der Waals surface area (Å²) < 4.78 is 45.9. The third-order valence-corrected chi connectivity index (χ3v) is 4.67. The lowest BCUT2D eigenvalue weighted by Crippen LogP contribution is -2.49. The Kier molecular flexibility index (Phi) is 7.29. The van der Waals surface area contributed by atoms with E-state index in [1.807, 2.05) is 18.9 Å². The van der Waals surface area contributed by atoms with Crippen molar-refractivity contribution in [3.8, 4) is 0 Å². The van der Waals surface area contributed by atoms with Crippen molar-refractivity contribution >= 4 is 12.0 Å². The standard InChI is InChI=1S/C20H26F3N3O3/c1-5-11-25(3)12-15-16(18(27)29-6-2)17(24-19(28)26(15)4)13-9-7-8-10-14(13)20(21,22)23/h7-10,17H,5-6,11-12H2,1-4H3,(H,24,28). The molecular weight excluding hydrogens is 387 g/mol. The molecule has 0 fully saturated rings. The Balaban J connectivity index is 2.68. The van der Waals surface area contributed by atoms with Crippen LogP contribution in [0.2, 0.25) is 0 Å². The summed E-state index contributed by atoms with van der Waals surface area (Å²) >= 11 is 0. The molecule has 6 nitrogen and oxygen atoms in total. The molecule has 160 valence electrons. The second-order valence-electron chi connectivity index (χ2n) is 6.85. The largest absolute Gasteiger partial charge is 0.463 e. The Labute approximate surface area is 168 Å². The van der Waals surface area contributed by atoms with Crippen molar-refractivity contribution in [3.05, 3.63) is 46.7 Å². The molecule has 1 aliphatic rings. The summed E-state index contributed by atoms with van der Waals surface area (Å²) in [5.41, 5.74) is -0.767. The number of nitrogens with zero attached hydrogens (tertiary/aromatic N) is 2. The molecule has 1 aromatic rings. The van der Waals surface area contributed by atoms with Crippen molar-refractivity contribution in [1.82, 2.24) is 15.1 Å². The fraction of sp³-hybridized carbons (Fsp3) is 0.500. The van der Waals surface area contributed by atoms with Crippen molar-refractivity contribution in [2.24, 2.45) is 0 Å². The first-order chi connectivity index (χ1) is 13.6. The number of rotatable bonds is 7. The quantitative estimate of drug-likeness (QED) is 0.695. The number of halogens is 3. The Morgan fingerprint density at radius 2 is 1.93 bits per heavy atom. The van der Waals surface area contributed by atoms with Gasteiger partial charge in [0.25, 0.3) is 0 Å². The first-order valence-corrected chi connectivity index (χ1v) is 9.40. The van der Waals surface area contributed by atoms with E-state index in [1.54, 1.807) is 6.92 Å². The number of carbonyl (C=O) groups is 2. The molecule has 0 bridgehead atoms. The zero-order valence-corrected chi connectivity index (χ0v) is 17.0. The van der Waals surface area contributed by atoms with E-state index in [-0.39, 0.29) is 24.3 Å². The number of alkyl halides is 3. The van der Waals surface area contributed by atoms with Gasteiger partial charge in [-0.25, -0.2) is 9.59 Å². The fourth-order valence-corrected chi connectivity index (χ4v) is 3.35. The van der Waals surface area contributed by atoms with Crippen LogP contribution in [-0.2, 0) is 15.7 Å². The van der Waals surface area contributed by atoms with Crippen molar-refractivity contribution in [1.29, 1.82) is 0 Å². The molecule has 1 heterocycles. The molecule has 1 N–H and O–H groups in total. The number of ether oxygens (including phenoxy) is 1. The SMILES string of the molecule is CCCN(C)CC1=C(C(=O)OCC)C(c2ccccc2C(F)(F)F)NC(=O)N1C. The Morgan fingerprint density at radius 3 is 2.52 bits per heavy atom. The van der Waals surface area contributed by atoms with Crippen LogP contribution in [0.5, 0.6) is 0 Å². The van der Waals surface area contributed by atoms with E-state index in [9.17, 15) is 22.8 Å². The van der Waals surface area contributed by atoms with Crippen molar-refractivity contribution in [2.75, 3.05) is 33.8 Å². The number of likely N-dealkylation sites (N-methyl/N-ethyl adjacent to an activating group) is 2. The fourth-order valence-electron chi connectivity index (χ4n) is 3.35. The van der Waals surface area contributed by atoms with E-state index in [0.29, 0.717) is 12.2 Å². The van der Waals surface area contributed by atoms with Gasteiger partial charge in [0.1, 0.15) is 0 Å². The van der Waals surface area contributed by atoms with Crippen LogP contribution >= 0.6 is 0 Å². The molecule has 9 heteroatoms. The monoisotopic (exact) mass is 413 g/mol. The first kappa shape index (κ1) is 22.7. The number of hydrogen-bond acceptors (Lipinski definition) is 4. The lowest BCUT2D eigenvalue weighted by molar-refractivity contribution is -0.141. The average molecular weight is 413 g/mol. The maximum Gasteiger partial charge on any atom is 0.416 e. The molecule has 0 saturated heterocycles. The van der Waals surface area contributed by atoms with E-state index in [2.05, 4.69) is 5.32 Å². The van der Waals surface area contributed by atoms with Crippen LogP contribution in [0.25, 0.3) is 0 Å². The first-order valence-electron chi connectivity index (χ1n) is 9.40. The van der Waals surface area contributed by atoms with Crippen LogP contribution in [0, 0.1) is 0 Å². The number of amides is 2. The topological polar surface area (TPSA) is 61.9 Å². The molecular formula is C20H26F3N3O3. The summed E-state index contributed by atoms with van der Waals surface area (Å²) in [7, 11) is 3.30. The van der Waals surface area contributed by atoms with Gasteiger partial charge in [0.2, 0.25) is 0 Å². The molecule has 0 aromatic heterocycles. The van der Waals surface area contributed by atoms with Crippen molar-refractivity contribution in [3.63, 3.8) is 0 Å². The minimum atomic E-state index is -4.64. The third-order valence-electron chi connectivity index (χ3n) is 4.67. The number of carbonyl (C=O) groups excluding carboxylic acids is 2. The highest BCUT2D eigenvalue weighted by Crippen LogP contribution is 2.39. The lowest BCUT2D eigenvalue weighted by atomic mass is 9.91. The van der Waals surface area contributed by atoms with Gasteiger partial charge in [-0.1, -0.05) is 25.1 Å². The number of hydrogen-bond donors (Lipinski definition) is 1. The summed E-state index contributed by atoms with van der Waals surface area (Å²) in [5.74, 6) is -0.749. The molecule has 29 heavy (non-hydrogen) atoms. The predicted molar refractivity (Wildman–Crippen MR) is 102 cm³/mol. The summed E-state index contributed by atoms with van der Waals surface area (Å²) in [6.45, 7) is 4.57. The highest BCUT2D eigenvalue weighted by Gasteiger charge is 2.42. The summed E-state index contributed by atoms with van der Waals surface area (Å²) in [4.78, 5) is 28.5. The van der Waals surface area contributed by atoms with Crippen molar-refractivity contribution < 1.29 is 27.5 Å². The van der Waals surface area contributed by atoms with Crippen LogP contribution in [0.4, 0.5) is 18.0 Å². The van der Waals surface area contributed by atoms with Gasteiger partial charge in [-0.3, -0.25) is 4.90 Å². The van der Waals surface area contributed by atoms with E-state index in [0.717, 1.165) is 12.5 Å². The van der Waals surface area contributed by atoms with Crippen LogP contribution in [-0.4, -0.2) is 55.6 Å². The maximum atomic E-state index is 13.6. The molecule has 1 aliphatic heterocycles. The van der Waals surface area contributed by atoms with Crippen LogP contribution in [0.1, 0.15) is 37.4 Å². The van der Waals surface area contributed by atoms with Gasteiger partial charge in [-0.2, -0.15) is 13.2 Å². The van der Waals surface area contributed by atoms with Gasteiger partial charge < -0.3 is 15.0 Å². The van der Waals surface area contributed by atoms with Gasteiger partial charge in [0.15, 0.2) is 0 Å². The number of urea groups is 1. The smallest absolute Gasteiger partial charge is 0.416 e. The maximum absolute atomic E-state index is 13.6. The van der Waals surface area contributed by atoms with Crippen molar-refractivity contribution in [2.45, 2.75) is 32.5 Å². The Morgan fingerprint density at radius 1 is 1.28 bits per heavy atom. The highest BCUT2D eigenvalue weighted by molar-refractivity contribution is 5.95. The Bertz CT molecular complexity index is 793. The molecule has 1 atom stereocenters. The normalized spacial score (nSPS) is 17.6. The highest BCUT2D eigenvalue weighted by atomic mass is 19.4. The van der Waals surface area contributed by atoms with Gasteiger partial charge in [0.05, 0.1) is 23.8 Å². The molecule has 1 unspecified atom stereocenters. The average Bonchev–Trinajstić information content (AvgIpc) is 2.65. The van der Waals surface area contributed by atoms with Gasteiger partial charge in [-0.05, 0) is 38.6 Å². The molecule has 1 aromatic carbocycles. The number of nitrogens with one attached hydrogen (secondary N) is 1. The molecule has 2 rings (SSSR count). The third kappa shape index (κ3) is 5.09. The number of esters is 1. The summed E-state index contributed by atoms with van der Waals surface area (Å²) in [6, 6.07) is 3.07. The Hall–Kier alpha value is -2.55. The molecule has 0 aliphatic carbocycles. The minimum absolute atomic E-state index is 0.00797. The van der Waals surface area contributed by atoms with E-state index in [4.69, 9.17) is 4.74 Å². The van der Waals surface area contributed by atoms with E-state index < -0.39 is 29.8 Å². The summed E-state index contributed by atoms with van der Waals surface area (Å²) in [5, 5.41) is 2.53. The molecule has 0 spiro atoms. The minimum Gasteiger partial charge on any atom is -0.463 e. The lowest BCUT2D eigenvalue weighted by Gasteiger charge is -2.36. The van der Waals surface area contributed by atoms with Gasteiger partial charge >= 0.3 is 18.2 Å². The number of benzene rings is 1. The molecule has 0 radical (unpaired) electrons. The van der Waals surface area contributed by atoms with Gasteiger partial charge in [-0.15, -0.1) is 0 Å². The van der Waals surface area contributed by atoms with Crippen LogP contribution in [0.15, 0.2) is 35.5 Å². The van der Waals surface area contributed by atoms with E-state index >= 15 is 0 Å². The van der Waals surface area contributed by atoms with E-state index in [1.165, 1.54) is 30.1 Å². The molecule has 0 saturated carbocycles. The molecule has 2 amide bonds.